The molecule has 9 heteroatoms. The highest BCUT2D eigenvalue weighted by atomic mass is 32.1. The molecule has 0 spiro atoms. The molecule has 3 amide bonds. The van der Waals surface area contributed by atoms with Crippen molar-refractivity contribution in [2.24, 2.45) is 5.73 Å². The van der Waals surface area contributed by atoms with Gasteiger partial charge in [0.05, 0.1) is 13.7 Å². The summed E-state index contributed by atoms with van der Waals surface area (Å²) in [7, 11) is 1.57. The summed E-state index contributed by atoms with van der Waals surface area (Å²) in [5.74, 6) is 0.460. The van der Waals surface area contributed by atoms with E-state index < -0.39 is 12.1 Å². The molecular weight excluding hydrogens is 414 g/mol. The number of methoxy groups -OCH3 is 1. The van der Waals surface area contributed by atoms with Crippen LogP contribution in [0.2, 0.25) is 0 Å². The van der Waals surface area contributed by atoms with E-state index in [1.165, 1.54) is 4.31 Å². The standard InChI is InChI=1S/C22H23N5O3S/c1-30-19-8-6-17(7-9-19)26-22(29)27(31)14-20(23)15-2-4-16(5-3-15)21(28)25-18-10-12-24-13-11-18/h2-13,20,31H,14,23H2,1H3,(H,26,29)(H,24,25,28). The highest BCUT2D eigenvalue weighted by molar-refractivity contribution is 7.78. The Morgan fingerprint density at radius 2 is 1.61 bits per heavy atom. The minimum Gasteiger partial charge on any atom is -0.497 e. The highest BCUT2D eigenvalue weighted by Crippen LogP contribution is 2.18. The first-order valence-electron chi connectivity index (χ1n) is 9.44. The summed E-state index contributed by atoms with van der Waals surface area (Å²) in [6, 6.07) is 16.4. The summed E-state index contributed by atoms with van der Waals surface area (Å²) < 4.78 is 6.30. The minimum absolute atomic E-state index is 0.174. The van der Waals surface area contributed by atoms with Gasteiger partial charge < -0.3 is 21.1 Å². The molecule has 3 aromatic rings. The molecule has 1 aromatic heterocycles. The molecule has 0 aliphatic carbocycles. The van der Waals surface area contributed by atoms with Gasteiger partial charge in [-0.1, -0.05) is 24.9 Å². The number of nitrogens with one attached hydrogen (secondary N) is 2. The van der Waals surface area contributed by atoms with Crippen LogP contribution in [0.5, 0.6) is 5.75 Å². The third kappa shape index (κ3) is 6.21. The van der Waals surface area contributed by atoms with Crippen LogP contribution < -0.4 is 21.1 Å². The van der Waals surface area contributed by atoms with Gasteiger partial charge in [0.25, 0.3) is 5.91 Å². The summed E-state index contributed by atoms with van der Waals surface area (Å²) in [5.41, 5.74) is 8.76. The number of nitrogens with two attached hydrogens (primary N) is 1. The van der Waals surface area contributed by atoms with Crippen LogP contribution in [0.1, 0.15) is 22.0 Å². The van der Waals surface area contributed by atoms with Crippen LogP contribution in [0.25, 0.3) is 0 Å². The van der Waals surface area contributed by atoms with E-state index in [0.717, 1.165) is 5.56 Å². The monoisotopic (exact) mass is 437 g/mol. The van der Waals surface area contributed by atoms with Gasteiger partial charge >= 0.3 is 6.03 Å². The number of aromatic nitrogens is 1. The molecule has 8 nitrogen and oxygen atoms in total. The number of thiol groups is 1. The molecule has 1 unspecified atom stereocenters. The predicted molar refractivity (Wildman–Crippen MR) is 123 cm³/mol. The van der Waals surface area contributed by atoms with Crippen LogP contribution in [-0.2, 0) is 0 Å². The van der Waals surface area contributed by atoms with E-state index >= 15 is 0 Å². The number of ether oxygens (including phenoxy) is 1. The summed E-state index contributed by atoms with van der Waals surface area (Å²) in [6.45, 7) is 0.174. The number of nitrogens with zero attached hydrogens (tertiary/aromatic N) is 2. The molecule has 0 radical (unpaired) electrons. The predicted octanol–water partition coefficient (Wildman–Crippen LogP) is 3.72. The maximum Gasteiger partial charge on any atom is 0.331 e. The number of urea groups is 1. The zero-order valence-corrected chi connectivity index (χ0v) is 17.8. The third-order valence-corrected chi connectivity index (χ3v) is 4.83. The Morgan fingerprint density at radius 3 is 2.23 bits per heavy atom. The van der Waals surface area contributed by atoms with Crippen molar-refractivity contribution in [2.45, 2.75) is 6.04 Å². The summed E-state index contributed by atoms with van der Waals surface area (Å²) in [6.07, 6.45) is 3.21. The first-order chi connectivity index (χ1) is 15.0. The first kappa shape index (κ1) is 22.1. The van der Waals surface area contributed by atoms with E-state index in [-0.39, 0.29) is 12.5 Å². The zero-order valence-electron chi connectivity index (χ0n) is 16.9. The van der Waals surface area contributed by atoms with Crippen LogP contribution in [-0.4, -0.2) is 34.9 Å². The number of anilines is 2. The van der Waals surface area contributed by atoms with E-state index in [4.69, 9.17) is 10.5 Å². The van der Waals surface area contributed by atoms with Gasteiger partial charge in [0.15, 0.2) is 0 Å². The van der Waals surface area contributed by atoms with Crippen molar-refractivity contribution in [2.75, 3.05) is 24.3 Å². The van der Waals surface area contributed by atoms with Crippen LogP contribution in [0.15, 0.2) is 73.1 Å². The molecule has 0 saturated carbocycles. The minimum atomic E-state index is -0.476. The lowest BCUT2D eigenvalue weighted by molar-refractivity contribution is 0.102. The fourth-order valence-electron chi connectivity index (χ4n) is 2.76. The molecule has 160 valence electrons. The van der Waals surface area contributed by atoms with Gasteiger partial charge in [-0.25, -0.2) is 4.79 Å². The lowest BCUT2D eigenvalue weighted by Gasteiger charge is -2.21. The van der Waals surface area contributed by atoms with Crippen LogP contribution in [0.3, 0.4) is 0 Å². The van der Waals surface area contributed by atoms with Crippen molar-refractivity contribution in [1.29, 1.82) is 0 Å². The van der Waals surface area contributed by atoms with Gasteiger partial charge in [-0.3, -0.25) is 14.1 Å². The molecule has 1 heterocycles. The van der Waals surface area contributed by atoms with Gasteiger partial charge in [0.1, 0.15) is 5.75 Å². The zero-order chi connectivity index (χ0) is 22.2. The SMILES string of the molecule is COc1ccc(NC(=O)N(S)CC(N)c2ccc(C(=O)Nc3ccncc3)cc2)cc1. The average molecular weight is 438 g/mol. The number of carbonyl (C=O) groups excluding carboxylic acids is 2. The van der Waals surface area contributed by atoms with Gasteiger partial charge in [0, 0.05) is 35.4 Å². The topological polar surface area (TPSA) is 110 Å². The van der Waals surface area contributed by atoms with Crippen molar-refractivity contribution in [3.05, 3.63) is 84.2 Å². The number of amides is 3. The molecule has 0 bridgehead atoms. The Labute approximate surface area is 186 Å². The van der Waals surface area contributed by atoms with Crippen molar-refractivity contribution in [3.63, 3.8) is 0 Å². The molecular formula is C22H23N5O3S. The number of hydrogen-bond acceptors (Lipinski definition) is 6. The van der Waals surface area contributed by atoms with Crippen LogP contribution in [0, 0.1) is 0 Å². The van der Waals surface area contributed by atoms with Crippen molar-refractivity contribution in [3.8, 4) is 5.75 Å². The Hall–Kier alpha value is -3.56. The van der Waals surface area contributed by atoms with Gasteiger partial charge in [0.2, 0.25) is 0 Å². The molecule has 0 aliphatic heterocycles. The highest BCUT2D eigenvalue weighted by Gasteiger charge is 2.16. The molecule has 1 atom stereocenters. The molecule has 31 heavy (non-hydrogen) atoms. The number of carbonyl (C=O) groups is 2. The molecule has 0 saturated heterocycles. The quantitative estimate of drug-likeness (QED) is 0.421. The Balaban J connectivity index is 1.54. The Morgan fingerprint density at radius 1 is 1.00 bits per heavy atom. The normalized spacial score (nSPS) is 11.3. The summed E-state index contributed by atoms with van der Waals surface area (Å²) in [4.78, 5) is 28.6. The lowest BCUT2D eigenvalue weighted by atomic mass is 10.1. The van der Waals surface area contributed by atoms with E-state index in [2.05, 4.69) is 28.4 Å². The number of pyridine rings is 1. The largest absolute Gasteiger partial charge is 0.497 e. The van der Waals surface area contributed by atoms with Crippen LogP contribution in [0.4, 0.5) is 16.2 Å². The number of rotatable bonds is 7. The molecule has 2 aromatic carbocycles. The van der Waals surface area contributed by atoms with Crippen molar-refractivity contribution < 1.29 is 14.3 Å². The summed E-state index contributed by atoms with van der Waals surface area (Å²) in [5, 5.41) is 5.53. The Bertz CT molecular complexity index is 1010. The van der Waals surface area contributed by atoms with E-state index in [0.29, 0.717) is 22.7 Å². The maximum absolute atomic E-state index is 12.3. The van der Waals surface area contributed by atoms with E-state index in [1.54, 1.807) is 80.2 Å². The smallest absolute Gasteiger partial charge is 0.331 e. The lowest BCUT2D eigenvalue weighted by Crippen LogP contribution is -2.33. The van der Waals surface area contributed by atoms with Gasteiger partial charge in [-0.2, -0.15) is 0 Å². The van der Waals surface area contributed by atoms with Gasteiger partial charge in [-0.05, 0) is 54.1 Å². The first-order valence-corrected chi connectivity index (χ1v) is 9.84. The second kappa shape index (κ2) is 10.5. The molecule has 3 rings (SSSR count). The fourth-order valence-corrected chi connectivity index (χ4v) is 2.98. The third-order valence-electron chi connectivity index (χ3n) is 4.48. The van der Waals surface area contributed by atoms with Crippen molar-refractivity contribution >= 4 is 36.1 Å². The number of benzene rings is 2. The van der Waals surface area contributed by atoms with Crippen LogP contribution >= 0.6 is 12.8 Å². The summed E-state index contributed by atoms with van der Waals surface area (Å²) >= 11 is 4.24. The number of hydrogen-bond donors (Lipinski definition) is 4. The molecule has 0 aliphatic rings. The Kier molecular flexibility index (Phi) is 7.47. The van der Waals surface area contributed by atoms with Crippen molar-refractivity contribution in [1.82, 2.24) is 9.29 Å². The maximum atomic E-state index is 12.3. The molecule has 0 fully saturated rings. The second-order valence-electron chi connectivity index (χ2n) is 6.66. The van der Waals surface area contributed by atoms with E-state index in [9.17, 15) is 9.59 Å². The second-order valence-corrected chi connectivity index (χ2v) is 7.14. The molecule has 4 N–H and O–H groups in total. The van der Waals surface area contributed by atoms with Gasteiger partial charge in [-0.15, -0.1) is 0 Å². The van der Waals surface area contributed by atoms with E-state index in [1.807, 2.05) is 0 Å². The average Bonchev–Trinajstić information content (AvgIpc) is 2.80. The fraction of sp³-hybridized carbons (Fsp3) is 0.136.